The van der Waals surface area contributed by atoms with Crippen LogP contribution in [0.5, 0.6) is 0 Å². The van der Waals surface area contributed by atoms with Crippen molar-refractivity contribution in [3.63, 3.8) is 0 Å². The van der Waals surface area contributed by atoms with E-state index in [1.165, 1.54) is 0 Å². The average molecular weight is 242 g/mol. The first kappa shape index (κ1) is 12.6. The number of carboxylic acid groups (broad SMARTS) is 1. The van der Waals surface area contributed by atoms with E-state index in [-0.39, 0.29) is 6.04 Å². The third-order valence-corrected chi connectivity index (χ3v) is 3.79. The van der Waals surface area contributed by atoms with Gasteiger partial charge in [0, 0.05) is 25.7 Å². The van der Waals surface area contributed by atoms with Gasteiger partial charge in [-0.25, -0.2) is 4.79 Å². The molecule has 2 fully saturated rings. The summed E-state index contributed by atoms with van der Waals surface area (Å²) in [5.41, 5.74) is 0. The van der Waals surface area contributed by atoms with Crippen molar-refractivity contribution >= 4 is 6.09 Å². The van der Waals surface area contributed by atoms with E-state index in [2.05, 4.69) is 10.2 Å². The van der Waals surface area contributed by atoms with Crippen LogP contribution < -0.4 is 5.32 Å². The van der Waals surface area contributed by atoms with Crippen LogP contribution in [0, 0.1) is 5.92 Å². The van der Waals surface area contributed by atoms with Gasteiger partial charge in [0.2, 0.25) is 0 Å². The van der Waals surface area contributed by atoms with E-state index in [4.69, 9.17) is 9.84 Å². The van der Waals surface area contributed by atoms with Gasteiger partial charge in [-0.15, -0.1) is 0 Å². The van der Waals surface area contributed by atoms with Crippen LogP contribution in [-0.4, -0.2) is 55.0 Å². The smallest absolute Gasteiger partial charge is 0.404 e. The van der Waals surface area contributed by atoms with E-state index in [0.717, 1.165) is 64.4 Å². The van der Waals surface area contributed by atoms with E-state index >= 15 is 0 Å². The van der Waals surface area contributed by atoms with Crippen LogP contribution in [0.3, 0.4) is 0 Å². The van der Waals surface area contributed by atoms with Gasteiger partial charge in [0.1, 0.15) is 0 Å². The van der Waals surface area contributed by atoms with Crippen molar-refractivity contribution in [3.8, 4) is 0 Å². The zero-order valence-corrected chi connectivity index (χ0v) is 10.2. The Morgan fingerprint density at radius 2 is 1.88 bits per heavy atom. The summed E-state index contributed by atoms with van der Waals surface area (Å²) in [4.78, 5) is 13.0. The zero-order valence-electron chi connectivity index (χ0n) is 10.2. The minimum atomic E-state index is -0.887. The minimum Gasteiger partial charge on any atom is -0.465 e. The molecule has 0 aromatic carbocycles. The summed E-state index contributed by atoms with van der Waals surface area (Å²) in [7, 11) is 0. The van der Waals surface area contributed by atoms with Crippen molar-refractivity contribution < 1.29 is 14.6 Å². The fourth-order valence-corrected chi connectivity index (χ4v) is 2.81. The first-order chi connectivity index (χ1) is 8.24. The fourth-order valence-electron chi connectivity index (χ4n) is 2.81. The highest BCUT2D eigenvalue weighted by atomic mass is 16.5. The second-order valence-corrected chi connectivity index (χ2v) is 5.08. The molecule has 5 nitrogen and oxygen atoms in total. The van der Waals surface area contributed by atoms with E-state index in [0.29, 0.717) is 0 Å². The van der Waals surface area contributed by atoms with Crippen LogP contribution in [-0.2, 0) is 4.74 Å². The van der Waals surface area contributed by atoms with Gasteiger partial charge in [-0.1, -0.05) is 0 Å². The maximum Gasteiger partial charge on any atom is 0.404 e. The van der Waals surface area contributed by atoms with E-state index < -0.39 is 6.09 Å². The number of hydrogen-bond acceptors (Lipinski definition) is 3. The molecule has 0 atom stereocenters. The summed E-state index contributed by atoms with van der Waals surface area (Å²) in [5.74, 6) is 0.736. The molecule has 1 saturated carbocycles. The fraction of sp³-hybridized carbons (Fsp3) is 0.917. The van der Waals surface area contributed by atoms with Gasteiger partial charge < -0.3 is 15.2 Å². The lowest BCUT2D eigenvalue weighted by molar-refractivity contribution is 0.0270. The highest BCUT2D eigenvalue weighted by Gasteiger charge is 2.24. The van der Waals surface area contributed by atoms with Crippen molar-refractivity contribution in [1.29, 1.82) is 0 Å². The standard InChI is InChI=1S/C12H22N2O3/c15-12(16)13-11-3-1-10(2-4-11)9-14-5-7-17-8-6-14/h10-11,13H,1-9H2,(H,15,16)/t10-,11-. The molecule has 0 spiro atoms. The van der Waals surface area contributed by atoms with Gasteiger partial charge in [-0.05, 0) is 31.6 Å². The first-order valence-electron chi connectivity index (χ1n) is 6.53. The number of hydrogen-bond donors (Lipinski definition) is 2. The average Bonchev–Trinajstić information content (AvgIpc) is 2.32. The lowest BCUT2D eigenvalue weighted by Gasteiger charge is -2.34. The zero-order chi connectivity index (χ0) is 12.1. The molecular weight excluding hydrogens is 220 g/mol. The quantitative estimate of drug-likeness (QED) is 0.779. The van der Waals surface area contributed by atoms with E-state index in [9.17, 15) is 4.79 Å². The summed E-state index contributed by atoms with van der Waals surface area (Å²) in [6, 6.07) is 0.174. The van der Waals surface area contributed by atoms with Gasteiger partial charge in [0.15, 0.2) is 0 Å². The highest BCUT2D eigenvalue weighted by Crippen LogP contribution is 2.25. The normalized spacial score (nSPS) is 31.1. The van der Waals surface area contributed by atoms with Crippen molar-refractivity contribution in [2.75, 3.05) is 32.8 Å². The van der Waals surface area contributed by atoms with Crippen LogP contribution in [0.1, 0.15) is 25.7 Å². The Balaban J connectivity index is 1.66. The Labute approximate surface area is 102 Å². The van der Waals surface area contributed by atoms with Gasteiger partial charge in [0.05, 0.1) is 13.2 Å². The monoisotopic (exact) mass is 242 g/mol. The number of nitrogens with one attached hydrogen (secondary N) is 1. The Morgan fingerprint density at radius 1 is 1.24 bits per heavy atom. The van der Waals surface area contributed by atoms with Crippen molar-refractivity contribution in [2.45, 2.75) is 31.7 Å². The third-order valence-electron chi connectivity index (χ3n) is 3.79. The number of morpholine rings is 1. The molecule has 17 heavy (non-hydrogen) atoms. The highest BCUT2D eigenvalue weighted by molar-refractivity contribution is 5.64. The SMILES string of the molecule is O=C(O)N[C@H]1CC[C@H](CN2CCOCC2)CC1. The summed E-state index contributed by atoms with van der Waals surface area (Å²) in [6.45, 7) is 4.97. The second kappa shape index (κ2) is 6.21. The first-order valence-corrected chi connectivity index (χ1v) is 6.53. The summed E-state index contributed by atoms with van der Waals surface area (Å²) in [6.07, 6.45) is 3.37. The van der Waals surface area contributed by atoms with Crippen molar-refractivity contribution in [1.82, 2.24) is 10.2 Å². The van der Waals surface area contributed by atoms with Gasteiger partial charge >= 0.3 is 6.09 Å². The number of nitrogens with zero attached hydrogens (tertiary/aromatic N) is 1. The Kier molecular flexibility index (Phi) is 4.62. The molecule has 5 heteroatoms. The van der Waals surface area contributed by atoms with Crippen LogP contribution in [0.25, 0.3) is 0 Å². The summed E-state index contributed by atoms with van der Waals surface area (Å²) in [5, 5.41) is 11.2. The largest absolute Gasteiger partial charge is 0.465 e. The minimum absolute atomic E-state index is 0.174. The van der Waals surface area contributed by atoms with E-state index in [1.54, 1.807) is 0 Å². The molecule has 1 heterocycles. The molecule has 2 N–H and O–H groups in total. The Bertz CT molecular complexity index is 246. The van der Waals surface area contributed by atoms with Gasteiger partial charge in [-0.3, -0.25) is 4.90 Å². The number of amides is 1. The van der Waals surface area contributed by atoms with Gasteiger partial charge in [-0.2, -0.15) is 0 Å². The van der Waals surface area contributed by atoms with Crippen LogP contribution >= 0.6 is 0 Å². The molecule has 1 amide bonds. The molecule has 0 aromatic heterocycles. The third kappa shape index (κ3) is 4.16. The number of carbonyl (C=O) groups is 1. The number of ether oxygens (including phenoxy) is 1. The number of rotatable bonds is 3. The second-order valence-electron chi connectivity index (χ2n) is 5.08. The summed E-state index contributed by atoms with van der Waals surface area (Å²) >= 11 is 0. The Morgan fingerprint density at radius 3 is 2.47 bits per heavy atom. The van der Waals surface area contributed by atoms with Crippen molar-refractivity contribution in [3.05, 3.63) is 0 Å². The molecule has 0 aromatic rings. The molecule has 98 valence electrons. The molecule has 2 aliphatic rings. The summed E-state index contributed by atoms with van der Waals surface area (Å²) < 4.78 is 5.33. The maximum atomic E-state index is 10.5. The molecule has 0 radical (unpaired) electrons. The maximum absolute atomic E-state index is 10.5. The van der Waals surface area contributed by atoms with E-state index in [1.807, 2.05) is 0 Å². The molecular formula is C12H22N2O3. The predicted octanol–water partition coefficient (Wildman–Crippen LogP) is 1.14. The van der Waals surface area contributed by atoms with Crippen LogP contribution in [0.4, 0.5) is 4.79 Å². The lowest BCUT2D eigenvalue weighted by Crippen LogP contribution is -2.42. The molecule has 2 rings (SSSR count). The molecule has 0 unspecified atom stereocenters. The van der Waals surface area contributed by atoms with Crippen molar-refractivity contribution in [2.24, 2.45) is 5.92 Å². The molecule has 0 bridgehead atoms. The Hall–Kier alpha value is -0.810. The topological polar surface area (TPSA) is 61.8 Å². The molecule has 1 aliphatic carbocycles. The molecule has 1 aliphatic heterocycles. The van der Waals surface area contributed by atoms with Crippen LogP contribution in [0.2, 0.25) is 0 Å². The predicted molar refractivity (Wildman–Crippen MR) is 64.2 cm³/mol. The molecule has 1 saturated heterocycles. The lowest BCUT2D eigenvalue weighted by atomic mass is 9.85. The van der Waals surface area contributed by atoms with Gasteiger partial charge in [0.25, 0.3) is 0 Å². The van der Waals surface area contributed by atoms with Crippen LogP contribution in [0.15, 0.2) is 0 Å².